The Bertz CT molecular complexity index is 518. The van der Waals surface area contributed by atoms with E-state index in [0.717, 1.165) is 12.0 Å². The average Bonchev–Trinajstić information content (AvgIpc) is 2.36. The fourth-order valence-corrected chi connectivity index (χ4v) is 2.59. The molecule has 0 saturated heterocycles. The molecule has 0 aliphatic rings. The molecule has 1 aromatic carbocycles. The van der Waals surface area contributed by atoms with Gasteiger partial charge in [0.2, 0.25) is 0 Å². The van der Waals surface area contributed by atoms with E-state index >= 15 is 0 Å². The van der Waals surface area contributed by atoms with Crippen molar-refractivity contribution in [3.63, 3.8) is 0 Å². The van der Waals surface area contributed by atoms with Crippen molar-refractivity contribution in [1.29, 1.82) is 0 Å². The number of hydrogen-bond donors (Lipinski definition) is 1. The summed E-state index contributed by atoms with van der Waals surface area (Å²) in [6, 6.07) is 7.51. The zero-order chi connectivity index (χ0) is 14.8. The topological polar surface area (TPSA) is 60.2 Å². The molecule has 0 aromatic heterocycles. The minimum Gasteiger partial charge on any atom is -0.323 e. The lowest BCUT2D eigenvalue weighted by molar-refractivity contribution is 0.505. The summed E-state index contributed by atoms with van der Waals surface area (Å²) in [6.07, 6.45) is 2.28. The van der Waals surface area contributed by atoms with Crippen molar-refractivity contribution in [3.8, 4) is 0 Å². The SMILES string of the molecule is CCC(C)(C)c1ccc(C(N)C(C)S(C)(=O)=O)cc1. The molecule has 0 spiro atoms. The summed E-state index contributed by atoms with van der Waals surface area (Å²) in [5, 5.41) is -0.572. The molecule has 108 valence electrons. The molecule has 2 atom stereocenters. The highest BCUT2D eigenvalue weighted by Gasteiger charge is 2.24. The van der Waals surface area contributed by atoms with Gasteiger partial charge in [-0.05, 0) is 29.9 Å². The van der Waals surface area contributed by atoms with E-state index in [0.29, 0.717) is 0 Å². The van der Waals surface area contributed by atoms with Gasteiger partial charge in [-0.25, -0.2) is 8.42 Å². The smallest absolute Gasteiger partial charge is 0.151 e. The van der Waals surface area contributed by atoms with Crippen molar-refractivity contribution >= 4 is 9.84 Å². The van der Waals surface area contributed by atoms with Gasteiger partial charge in [0.05, 0.1) is 5.25 Å². The third kappa shape index (κ3) is 3.80. The van der Waals surface area contributed by atoms with E-state index in [1.165, 1.54) is 11.8 Å². The Morgan fingerprint density at radius 2 is 1.68 bits per heavy atom. The fourth-order valence-electron chi connectivity index (χ4n) is 1.90. The van der Waals surface area contributed by atoms with Crippen LogP contribution in [0.25, 0.3) is 0 Å². The van der Waals surface area contributed by atoms with Gasteiger partial charge in [-0.3, -0.25) is 0 Å². The van der Waals surface area contributed by atoms with Crippen molar-refractivity contribution in [2.45, 2.75) is 50.8 Å². The van der Waals surface area contributed by atoms with E-state index in [9.17, 15) is 8.42 Å². The van der Waals surface area contributed by atoms with Crippen LogP contribution < -0.4 is 5.73 Å². The van der Waals surface area contributed by atoms with Crippen LogP contribution in [0, 0.1) is 0 Å². The van der Waals surface area contributed by atoms with E-state index in [4.69, 9.17) is 5.73 Å². The number of benzene rings is 1. The Hall–Kier alpha value is -0.870. The lowest BCUT2D eigenvalue weighted by atomic mass is 9.82. The van der Waals surface area contributed by atoms with Crippen LogP contribution in [0.1, 0.15) is 51.3 Å². The van der Waals surface area contributed by atoms with Crippen LogP contribution in [0.15, 0.2) is 24.3 Å². The first kappa shape index (κ1) is 16.2. The fraction of sp³-hybridized carbons (Fsp3) is 0.600. The van der Waals surface area contributed by atoms with Crippen LogP contribution in [0.2, 0.25) is 0 Å². The summed E-state index contributed by atoms with van der Waals surface area (Å²) in [6.45, 7) is 8.21. The summed E-state index contributed by atoms with van der Waals surface area (Å²) < 4.78 is 23.1. The van der Waals surface area contributed by atoms with E-state index in [-0.39, 0.29) is 5.41 Å². The van der Waals surface area contributed by atoms with E-state index in [2.05, 4.69) is 20.8 Å². The Labute approximate surface area is 117 Å². The Balaban J connectivity index is 3.00. The van der Waals surface area contributed by atoms with Gasteiger partial charge >= 0.3 is 0 Å². The van der Waals surface area contributed by atoms with Crippen LogP contribution in [0.4, 0.5) is 0 Å². The van der Waals surface area contributed by atoms with E-state index in [1.54, 1.807) is 6.92 Å². The Morgan fingerprint density at radius 1 is 1.21 bits per heavy atom. The molecular weight excluding hydrogens is 258 g/mol. The number of nitrogens with two attached hydrogens (primary N) is 1. The Morgan fingerprint density at radius 3 is 2.05 bits per heavy atom. The number of sulfone groups is 1. The lowest BCUT2D eigenvalue weighted by Crippen LogP contribution is -2.30. The van der Waals surface area contributed by atoms with Gasteiger partial charge in [-0.15, -0.1) is 0 Å². The van der Waals surface area contributed by atoms with E-state index < -0.39 is 21.1 Å². The molecule has 19 heavy (non-hydrogen) atoms. The number of hydrogen-bond acceptors (Lipinski definition) is 3. The minimum absolute atomic E-state index is 0.130. The van der Waals surface area contributed by atoms with Gasteiger partial charge in [0, 0.05) is 12.3 Å². The lowest BCUT2D eigenvalue weighted by Gasteiger charge is -2.25. The van der Waals surface area contributed by atoms with Crippen LogP contribution in [0.5, 0.6) is 0 Å². The standard InChI is InChI=1S/C15H25NO2S/c1-6-15(3,4)13-9-7-12(8-10-13)14(16)11(2)19(5,17)18/h7-11,14H,6,16H2,1-5H3. The van der Waals surface area contributed by atoms with Gasteiger partial charge in [0.15, 0.2) is 9.84 Å². The average molecular weight is 283 g/mol. The highest BCUT2D eigenvalue weighted by molar-refractivity contribution is 7.91. The van der Waals surface area contributed by atoms with Crippen molar-refractivity contribution < 1.29 is 8.42 Å². The van der Waals surface area contributed by atoms with Crippen molar-refractivity contribution in [2.24, 2.45) is 5.73 Å². The largest absolute Gasteiger partial charge is 0.323 e. The predicted octanol–water partition coefficient (Wildman–Crippen LogP) is 2.81. The molecule has 0 radical (unpaired) electrons. The molecule has 2 unspecified atom stereocenters. The first-order valence-corrected chi connectivity index (χ1v) is 8.60. The van der Waals surface area contributed by atoms with Gasteiger partial charge in [-0.2, -0.15) is 0 Å². The minimum atomic E-state index is -3.12. The van der Waals surface area contributed by atoms with Crippen LogP contribution in [0.3, 0.4) is 0 Å². The summed E-state index contributed by atoms with van der Waals surface area (Å²) in [5.74, 6) is 0. The molecule has 0 aliphatic carbocycles. The van der Waals surface area contributed by atoms with Crippen molar-refractivity contribution in [2.75, 3.05) is 6.26 Å². The van der Waals surface area contributed by atoms with Crippen LogP contribution >= 0.6 is 0 Å². The molecule has 1 aromatic rings. The molecular formula is C15H25NO2S. The molecule has 0 heterocycles. The number of rotatable bonds is 5. The zero-order valence-electron chi connectivity index (χ0n) is 12.5. The third-order valence-corrected chi connectivity index (χ3v) is 5.79. The van der Waals surface area contributed by atoms with Gasteiger partial charge in [-0.1, -0.05) is 45.0 Å². The molecule has 0 amide bonds. The zero-order valence-corrected chi connectivity index (χ0v) is 13.3. The molecule has 0 aliphatic heterocycles. The maximum Gasteiger partial charge on any atom is 0.151 e. The molecule has 4 heteroatoms. The quantitative estimate of drug-likeness (QED) is 0.904. The van der Waals surface area contributed by atoms with Gasteiger partial charge < -0.3 is 5.73 Å². The highest BCUT2D eigenvalue weighted by Crippen LogP contribution is 2.28. The molecule has 0 saturated carbocycles. The van der Waals surface area contributed by atoms with Crippen LogP contribution in [-0.2, 0) is 15.3 Å². The second-order valence-corrected chi connectivity index (χ2v) is 8.32. The Kier molecular flexibility index (Phi) is 4.80. The second kappa shape index (κ2) is 5.63. The first-order chi connectivity index (χ1) is 8.59. The van der Waals surface area contributed by atoms with Gasteiger partial charge in [0.1, 0.15) is 0 Å². The predicted molar refractivity (Wildman–Crippen MR) is 81.0 cm³/mol. The van der Waals surface area contributed by atoms with Gasteiger partial charge in [0.25, 0.3) is 0 Å². The summed E-state index contributed by atoms with van der Waals surface area (Å²) in [4.78, 5) is 0. The molecule has 3 nitrogen and oxygen atoms in total. The summed E-state index contributed by atoms with van der Waals surface area (Å²) >= 11 is 0. The maximum absolute atomic E-state index is 11.5. The monoisotopic (exact) mass is 283 g/mol. The maximum atomic E-state index is 11.5. The summed E-state index contributed by atoms with van der Waals surface area (Å²) in [5.41, 5.74) is 8.28. The van der Waals surface area contributed by atoms with Crippen LogP contribution in [-0.4, -0.2) is 19.9 Å². The second-order valence-electron chi connectivity index (χ2n) is 5.92. The normalized spacial score (nSPS) is 16.1. The third-order valence-electron chi connectivity index (χ3n) is 4.14. The molecule has 0 fully saturated rings. The van der Waals surface area contributed by atoms with Crippen molar-refractivity contribution in [3.05, 3.63) is 35.4 Å². The molecule has 0 bridgehead atoms. The molecule has 1 rings (SSSR count). The summed E-state index contributed by atoms with van der Waals surface area (Å²) in [7, 11) is -3.12. The van der Waals surface area contributed by atoms with Crippen molar-refractivity contribution in [1.82, 2.24) is 0 Å². The highest BCUT2D eigenvalue weighted by atomic mass is 32.2. The van der Waals surface area contributed by atoms with E-state index in [1.807, 2.05) is 24.3 Å². The molecule has 2 N–H and O–H groups in total. The first-order valence-electron chi connectivity index (χ1n) is 6.64.